The second-order valence-corrected chi connectivity index (χ2v) is 1.95. The number of alkyl halides is 3. The van der Waals surface area contributed by atoms with E-state index in [0.717, 1.165) is 0 Å². The van der Waals surface area contributed by atoms with Gasteiger partial charge in [-0.15, -0.1) is 0 Å². The largest absolute Gasteiger partial charge is 0.428 e. The van der Waals surface area contributed by atoms with Crippen molar-refractivity contribution in [1.82, 2.24) is 0 Å². The van der Waals surface area contributed by atoms with Gasteiger partial charge in [0.05, 0.1) is 0 Å². The summed E-state index contributed by atoms with van der Waals surface area (Å²) < 4.78 is 34.8. The van der Waals surface area contributed by atoms with Crippen LogP contribution < -0.4 is 0 Å². The third kappa shape index (κ3) is 1.81. The molecule has 0 aromatic heterocycles. The van der Waals surface area contributed by atoms with E-state index in [9.17, 15) is 18.0 Å². The van der Waals surface area contributed by atoms with Crippen molar-refractivity contribution in [3.63, 3.8) is 0 Å². The van der Waals surface area contributed by atoms with Gasteiger partial charge in [0.25, 0.3) is 5.60 Å². The molecule has 0 aromatic carbocycles. The summed E-state index contributed by atoms with van der Waals surface area (Å²) in [4.78, 5) is 12.8. The number of carbonyl (C=O) groups is 1. The van der Waals surface area contributed by atoms with Crippen LogP contribution >= 0.6 is 0 Å². The summed E-state index contributed by atoms with van der Waals surface area (Å²) in [6.45, 7) is 0.172. The molecule has 0 saturated heterocycles. The third-order valence-corrected chi connectivity index (χ3v) is 1.03. The Kier molecular flexibility index (Phi) is 2.47. The summed E-state index contributed by atoms with van der Waals surface area (Å²) in [6, 6.07) is 0. The van der Waals surface area contributed by atoms with Crippen LogP contribution in [0.1, 0.15) is 6.92 Å². The van der Waals surface area contributed by atoms with Gasteiger partial charge >= 0.3 is 12.1 Å². The Balaban J connectivity index is 4.59. The zero-order valence-corrected chi connectivity index (χ0v) is 5.34. The van der Waals surface area contributed by atoms with Crippen molar-refractivity contribution < 1.29 is 33.2 Å². The molecule has 0 aliphatic rings. The summed E-state index contributed by atoms with van der Waals surface area (Å²) in [5.74, 6) is -2.16. The quantitative estimate of drug-likeness (QED) is 0.443. The topological polar surface area (TPSA) is 66.8 Å². The van der Waals surface area contributed by atoms with E-state index in [-0.39, 0.29) is 6.92 Å². The number of aliphatic hydroxyl groups is 1. The fourth-order valence-electron chi connectivity index (χ4n) is 0.205. The summed E-state index contributed by atoms with van der Waals surface area (Å²) in [5.41, 5.74) is -3.66. The Morgan fingerprint density at radius 1 is 1.45 bits per heavy atom. The molecule has 11 heavy (non-hydrogen) atoms. The van der Waals surface area contributed by atoms with Gasteiger partial charge in [-0.2, -0.15) is 18.4 Å². The molecule has 1 unspecified atom stereocenters. The molecular formula is C4H5F3O4. The van der Waals surface area contributed by atoms with Crippen molar-refractivity contribution in [1.29, 1.82) is 0 Å². The fraction of sp³-hybridized carbons (Fsp3) is 0.750. The van der Waals surface area contributed by atoms with Crippen LogP contribution in [0.3, 0.4) is 0 Å². The van der Waals surface area contributed by atoms with Gasteiger partial charge in [-0.25, -0.2) is 4.79 Å². The van der Waals surface area contributed by atoms with Crippen molar-refractivity contribution in [3.05, 3.63) is 0 Å². The van der Waals surface area contributed by atoms with E-state index < -0.39 is 17.7 Å². The van der Waals surface area contributed by atoms with E-state index in [1.165, 1.54) is 0 Å². The molecule has 0 rings (SSSR count). The van der Waals surface area contributed by atoms with Crippen LogP contribution in [0.5, 0.6) is 0 Å². The van der Waals surface area contributed by atoms with Gasteiger partial charge in [-0.05, 0) is 6.92 Å². The number of halogens is 3. The molecule has 0 radical (unpaired) electrons. The Hall–Kier alpha value is -0.820. The van der Waals surface area contributed by atoms with Crippen LogP contribution in [-0.2, 0) is 9.68 Å². The molecule has 0 spiro atoms. The lowest BCUT2D eigenvalue weighted by molar-refractivity contribution is -0.294. The van der Waals surface area contributed by atoms with Crippen molar-refractivity contribution in [2.75, 3.05) is 0 Å². The predicted molar refractivity (Wildman–Crippen MR) is 25.4 cm³/mol. The molecule has 0 aromatic rings. The molecule has 4 nitrogen and oxygen atoms in total. The number of hydrogen-bond acceptors (Lipinski definition) is 4. The molecule has 66 valence electrons. The lowest BCUT2D eigenvalue weighted by Crippen LogP contribution is -2.49. The molecule has 1 atom stereocenters. The molecule has 0 saturated carbocycles. The standard InChI is InChI=1S/C4H5F3O4/c1-3(9,2(8)11-10)4(5,6)7/h9-10H,1H3. The van der Waals surface area contributed by atoms with E-state index in [1.807, 2.05) is 0 Å². The van der Waals surface area contributed by atoms with Crippen LogP contribution in [0.2, 0.25) is 0 Å². The van der Waals surface area contributed by atoms with Crippen LogP contribution in [0.25, 0.3) is 0 Å². The zero-order chi connectivity index (χ0) is 9.28. The Morgan fingerprint density at radius 3 is 1.91 bits per heavy atom. The van der Waals surface area contributed by atoms with Crippen LogP contribution in [-0.4, -0.2) is 28.1 Å². The van der Waals surface area contributed by atoms with Crippen LogP contribution in [0.15, 0.2) is 0 Å². The van der Waals surface area contributed by atoms with Crippen molar-refractivity contribution in [2.24, 2.45) is 0 Å². The number of hydrogen-bond donors (Lipinski definition) is 2. The number of rotatable bonds is 1. The maximum Gasteiger partial charge on any atom is 0.428 e. The second-order valence-electron chi connectivity index (χ2n) is 1.95. The first-order chi connectivity index (χ1) is 4.73. The molecule has 0 amide bonds. The van der Waals surface area contributed by atoms with Gasteiger partial charge in [0.15, 0.2) is 0 Å². The molecular weight excluding hydrogens is 169 g/mol. The second kappa shape index (κ2) is 2.67. The first kappa shape index (κ1) is 10.2. The highest BCUT2D eigenvalue weighted by molar-refractivity contribution is 5.79. The van der Waals surface area contributed by atoms with E-state index in [4.69, 9.17) is 10.4 Å². The molecule has 0 aliphatic carbocycles. The lowest BCUT2D eigenvalue weighted by Gasteiger charge is -2.21. The smallest absolute Gasteiger partial charge is 0.371 e. The fourth-order valence-corrected chi connectivity index (χ4v) is 0.205. The highest BCUT2D eigenvalue weighted by Gasteiger charge is 2.57. The van der Waals surface area contributed by atoms with Gasteiger partial charge in [-0.3, -0.25) is 4.89 Å². The maximum atomic E-state index is 11.6. The Morgan fingerprint density at radius 2 is 1.82 bits per heavy atom. The average molecular weight is 174 g/mol. The monoisotopic (exact) mass is 174 g/mol. The number of carbonyl (C=O) groups excluding carboxylic acids is 1. The normalized spacial score (nSPS) is 17.3. The summed E-state index contributed by atoms with van der Waals surface area (Å²) in [6.07, 6.45) is -5.16. The van der Waals surface area contributed by atoms with Crippen molar-refractivity contribution >= 4 is 5.97 Å². The molecule has 7 heteroatoms. The lowest BCUT2D eigenvalue weighted by atomic mass is 10.1. The highest BCUT2D eigenvalue weighted by Crippen LogP contribution is 2.30. The minimum atomic E-state index is -5.16. The molecule has 0 fully saturated rings. The highest BCUT2D eigenvalue weighted by atomic mass is 19.4. The Labute approximate surface area is 59.1 Å². The van der Waals surface area contributed by atoms with Gasteiger partial charge < -0.3 is 5.11 Å². The van der Waals surface area contributed by atoms with Crippen LogP contribution in [0.4, 0.5) is 13.2 Å². The third-order valence-electron chi connectivity index (χ3n) is 1.03. The van der Waals surface area contributed by atoms with Gasteiger partial charge in [0.2, 0.25) is 0 Å². The van der Waals surface area contributed by atoms with Gasteiger partial charge in [0.1, 0.15) is 0 Å². The molecule has 0 bridgehead atoms. The van der Waals surface area contributed by atoms with Gasteiger partial charge in [0, 0.05) is 0 Å². The minimum Gasteiger partial charge on any atom is -0.371 e. The predicted octanol–water partition coefficient (Wildman–Crippen LogP) is 0.316. The van der Waals surface area contributed by atoms with Gasteiger partial charge in [-0.1, -0.05) is 0 Å². The zero-order valence-electron chi connectivity index (χ0n) is 5.34. The summed E-state index contributed by atoms with van der Waals surface area (Å²) in [5, 5.41) is 15.9. The van der Waals surface area contributed by atoms with Crippen LogP contribution in [0, 0.1) is 0 Å². The van der Waals surface area contributed by atoms with E-state index in [2.05, 4.69) is 4.89 Å². The summed E-state index contributed by atoms with van der Waals surface area (Å²) >= 11 is 0. The molecule has 0 aliphatic heterocycles. The van der Waals surface area contributed by atoms with Crippen molar-refractivity contribution in [3.8, 4) is 0 Å². The Bertz CT molecular complexity index is 161. The van der Waals surface area contributed by atoms with E-state index in [1.54, 1.807) is 0 Å². The minimum absolute atomic E-state index is 0.172. The average Bonchev–Trinajstić information content (AvgIpc) is 1.83. The maximum absolute atomic E-state index is 11.6. The molecule has 2 N–H and O–H groups in total. The molecule has 0 heterocycles. The first-order valence-corrected chi connectivity index (χ1v) is 2.38. The SMILES string of the molecule is CC(O)(C(=O)OO)C(F)(F)F. The summed E-state index contributed by atoms with van der Waals surface area (Å²) in [7, 11) is 0. The van der Waals surface area contributed by atoms with Crippen molar-refractivity contribution in [2.45, 2.75) is 18.7 Å². The van der Waals surface area contributed by atoms with E-state index >= 15 is 0 Å². The van der Waals surface area contributed by atoms with E-state index in [0.29, 0.717) is 0 Å². The first-order valence-electron chi connectivity index (χ1n) is 2.38.